The van der Waals surface area contributed by atoms with Crippen LogP contribution in [-0.4, -0.2) is 23.9 Å². The largest absolute Gasteiger partial charge is 0.395 e. The van der Waals surface area contributed by atoms with Crippen molar-refractivity contribution < 1.29 is 18.3 Å². The Morgan fingerprint density at radius 3 is 2.17 bits per heavy atom. The van der Waals surface area contributed by atoms with E-state index < -0.39 is 31.2 Å². The zero-order chi connectivity index (χ0) is 9.78. The molecule has 0 aromatic rings. The highest BCUT2D eigenvalue weighted by molar-refractivity contribution is 4.73. The minimum absolute atomic E-state index is 0.335. The van der Waals surface area contributed by atoms with Crippen molar-refractivity contribution >= 4 is 0 Å². The molecule has 0 aliphatic carbocycles. The van der Waals surface area contributed by atoms with E-state index in [9.17, 15) is 13.2 Å². The molecular formula is C7H14F3NO. The molecule has 0 aromatic heterocycles. The third-order valence-electron chi connectivity index (χ3n) is 1.83. The summed E-state index contributed by atoms with van der Waals surface area (Å²) >= 11 is 0. The molecule has 0 rings (SSSR count). The van der Waals surface area contributed by atoms with Crippen LogP contribution < -0.4 is 5.73 Å². The Hall–Kier alpha value is -0.290. The Morgan fingerprint density at radius 1 is 1.42 bits per heavy atom. The third-order valence-corrected chi connectivity index (χ3v) is 1.83. The van der Waals surface area contributed by atoms with Crippen molar-refractivity contribution in [2.24, 2.45) is 11.7 Å². The molecule has 0 spiro atoms. The fourth-order valence-electron chi connectivity index (χ4n) is 1.04. The van der Waals surface area contributed by atoms with Crippen LogP contribution in [0.4, 0.5) is 13.2 Å². The molecule has 0 heterocycles. The van der Waals surface area contributed by atoms with Crippen LogP contribution in [0.15, 0.2) is 0 Å². The summed E-state index contributed by atoms with van der Waals surface area (Å²) in [6.07, 6.45) is -4.76. The van der Waals surface area contributed by atoms with E-state index in [1.807, 2.05) is 0 Å². The highest BCUT2D eigenvalue weighted by atomic mass is 19.4. The lowest BCUT2D eigenvalue weighted by atomic mass is 9.94. The van der Waals surface area contributed by atoms with Gasteiger partial charge in [-0.15, -0.1) is 0 Å². The molecule has 0 aromatic carbocycles. The lowest BCUT2D eigenvalue weighted by Crippen LogP contribution is -2.36. The van der Waals surface area contributed by atoms with E-state index in [0.717, 1.165) is 0 Å². The van der Waals surface area contributed by atoms with Crippen LogP contribution in [0.5, 0.6) is 0 Å². The van der Waals surface area contributed by atoms with E-state index in [1.54, 1.807) is 6.92 Å². The average Bonchev–Trinajstić information content (AvgIpc) is 1.97. The first kappa shape index (κ1) is 11.7. The molecule has 12 heavy (non-hydrogen) atoms. The van der Waals surface area contributed by atoms with Crippen molar-refractivity contribution in [2.75, 3.05) is 6.61 Å². The number of aliphatic hydroxyl groups excluding tert-OH is 1. The molecule has 3 N–H and O–H groups in total. The van der Waals surface area contributed by atoms with E-state index in [1.165, 1.54) is 0 Å². The Morgan fingerprint density at radius 2 is 1.92 bits per heavy atom. The van der Waals surface area contributed by atoms with Gasteiger partial charge in [-0.2, -0.15) is 13.2 Å². The third kappa shape index (κ3) is 4.56. The molecule has 5 heteroatoms. The first-order valence-electron chi connectivity index (χ1n) is 3.84. The van der Waals surface area contributed by atoms with Gasteiger partial charge in [-0.05, 0) is 5.92 Å². The first-order chi connectivity index (χ1) is 5.40. The number of alkyl halides is 3. The van der Waals surface area contributed by atoms with Crippen LogP contribution in [0.2, 0.25) is 0 Å². The second kappa shape index (κ2) is 4.67. The van der Waals surface area contributed by atoms with Gasteiger partial charge in [0.1, 0.15) is 0 Å². The quantitative estimate of drug-likeness (QED) is 0.693. The van der Waals surface area contributed by atoms with Gasteiger partial charge in [0.05, 0.1) is 6.61 Å². The SMILES string of the molecule is CCC(CC(F)(F)F)C(N)CO. The molecular weight excluding hydrogens is 171 g/mol. The average molecular weight is 185 g/mol. The van der Waals surface area contributed by atoms with Crippen LogP contribution in [0, 0.1) is 5.92 Å². The molecule has 0 amide bonds. The van der Waals surface area contributed by atoms with Crippen molar-refractivity contribution in [1.82, 2.24) is 0 Å². The molecule has 74 valence electrons. The lowest BCUT2D eigenvalue weighted by Gasteiger charge is -2.21. The Kier molecular flexibility index (Phi) is 4.55. The number of aliphatic hydroxyl groups is 1. The fraction of sp³-hybridized carbons (Fsp3) is 1.00. The summed E-state index contributed by atoms with van der Waals surface area (Å²) in [6.45, 7) is 1.24. The van der Waals surface area contributed by atoms with E-state index >= 15 is 0 Å². The molecule has 0 aliphatic rings. The van der Waals surface area contributed by atoms with Gasteiger partial charge in [0.25, 0.3) is 0 Å². The normalized spacial score (nSPS) is 17.5. The summed E-state index contributed by atoms with van der Waals surface area (Å²) in [4.78, 5) is 0. The van der Waals surface area contributed by atoms with Crippen molar-refractivity contribution in [3.63, 3.8) is 0 Å². The summed E-state index contributed by atoms with van der Waals surface area (Å²) in [5.74, 6) is -0.671. The maximum Gasteiger partial charge on any atom is 0.389 e. The topological polar surface area (TPSA) is 46.2 Å². The number of halogens is 3. The summed E-state index contributed by atoms with van der Waals surface area (Å²) in [5, 5.41) is 8.54. The zero-order valence-corrected chi connectivity index (χ0v) is 6.93. The number of nitrogens with two attached hydrogens (primary N) is 1. The van der Waals surface area contributed by atoms with Gasteiger partial charge >= 0.3 is 6.18 Å². The van der Waals surface area contributed by atoms with Gasteiger partial charge in [-0.3, -0.25) is 0 Å². The van der Waals surface area contributed by atoms with Crippen LogP contribution in [0.3, 0.4) is 0 Å². The minimum Gasteiger partial charge on any atom is -0.395 e. The predicted molar refractivity (Wildman–Crippen MR) is 39.5 cm³/mol. The summed E-state index contributed by atoms with van der Waals surface area (Å²) in [6, 6.07) is -0.767. The number of rotatable bonds is 4. The van der Waals surface area contributed by atoms with Gasteiger partial charge in [0, 0.05) is 12.5 Å². The lowest BCUT2D eigenvalue weighted by molar-refractivity contribution is -0.146. The molecule has 0 saturated carbocycles. The maximum atomic E-state index is 11.9. The molecule has 0 radical (unpaired) electrons. The van der Waals surface area contributed by atoms with Gasteiger partial charge in [0.2, 0.25) is 0 Å². The van der Waals surface area contributed by atoms with Crippen molar-refractivity contribution in [1.29, 1.82) is 0 Å². The van der Waals surface area contributed by atoms with E-state index in [4.69, 9.17) is 10.8 Å². The monoisotopic (exact) mass is 185 g/mol. The van der Waals surface area contributed by atoms with Gasteiger partial charge in [-0.1, -0.05) is 13.3 Å². The summed E-state index contributed by atoms with van der Waals surface area (Å²) < 4.78 is 35.6. The standard InChI is InChI=1S/C7H14F3NO/c1-2-5(6(11)4-12)3-7(8,9)10/h5-6,12H,2-4,11H2,1H3. The highest BCUT2D eigenvalue weighted by Gasteiger charge is 2.33. The van der Waals surface area contributed by atoms with Crippen LogP contribution >= 0.6 is 0 Å². The van der Waals surface area contributed by atoms with Crippen LogP contribution in [0.1, 0.15) is 19.8 Å². The highest BCUT2D eigenvalue weighted by Crippen LogP contribution is 2.27. The van der Waals surface area contributed by atoms with E-state index in [-0.39, 0.29) is 0 Å². The van der Waals surface area contributed by atoms with Gasteiger partial charge in [0.15, 0.2) is 0 Å². The molecule has 0 fully saturated rings. The second-order valence-corrected chi connectivity index (χ2v) is 2.83. The Balaban J connectivity index is 3.99. The van der Waals surface area contributed by atoms with E-state index in [0.29, 0.717) is 6.42 Å². The smallest absolute Gasteiger partial charge is 0.389 e. The minimum atomic E-state index is -4.19. The summed E-state index contributed by atoms with van der Waals surface area (Å²) in [5.41, 5.74) is 5.28. The van der Waals surface area contributed by atoms with Gasteiger partial charge in [-0.25, -0.2) is 0 Å². The zero-order valence-electron chi connectivity index (χ0n) is 6.93. The first-order valence-corrected chi connectivity index (χ1v) is 3.84. The second-order valence-electron chi connectivity index (χ2n) is 2.83. The van der Waals surface area contributed by atoms with Crippen molar-refractivity contribution in [3.8, 4) is 0 Å². The Labute approximate surface area is 69.6 Å². The molecule has 2 unspecified atom stereocenters. The van der Waals surface area contributed by atoms with Gasteiger partial charge < -0.3 is 10.8 Å². The van der Waals surface area contributed by atoms with Crippen molar-refractivity contribution in [3.05, 3.63) is 0 Å². The molecule has 2 nitrogen and oxygen atoms in total. The van der Waals surface area contributed by atoms with Crippen molar-refractivity contribution in [2.45, 2.75) is 32.0 Å². The fourth-order valence-corrected chi connectivity index (χ4v) is 1.04. The number of hydrogen-bond acceptors (Lipinski definition) is 2. The van der Waals surface area contributed by atoms with E-state index in [2.05, 4.69) is 0 Å². The van der Waals surface area contributed by atoms with Crippen LogP contribution in [-0.2, 0) is 0 Å². The molecule has 0 aliphatic heterocycles. The molecule has 0 saturated heterocycles. The predicted octanol–water partition coefficient (Wildman–Crippen LogP) is 1.28. The maximum absolute atomic E-state index is 11.9. The Bertz CT molecular complexity index is 126. The molecule has 0 bridgehead atoms. The molecule has 2 atom stereocenters. The summed E-state index contributed by atoms with van der Waals surface area (Å²) in [7, 11) is 0. The van der Waals surface area contributed by atoms with Crippen LogP contribution in [0.25, 0.3) is 0 Å². The number of hydrogen-bond donors (Lipinski definition) is 2.